The summed E-state index contributed by atoms with van der Waals surface area (Å²) in [5, 5.41) is 0.729. The van der Waals surface area contributed by atoms with Gasteiger partial charge in [0.15, 0.2) is 0 Å². The van der Waals surface area contributed by atoms with Crippen LogP contribution in [0.3, 0.4) is 0 Å². The number of nitrogens with one attached hydrogen (secondary N) is 1. The van der Waals surface area contributed by atoms with Crippen LogP contribution in [0.1, 0.15) is 43.0 Å². The fourth-order valence-corrected chi connectivity index (χ4v) is 6.24. The van der Waals surface area contributed by atoms with E-state index in [1.807, 2.05) is 6.92 Å². The maximum absolute atomic E-state index is 13.2. The number of carbonyl (C=O) groups is 2. The van der Waals surface area contributed by atoms with Gasteiger partial charge in [-0.3, -0.25) is 14.5 Å². The van der Waals surface area contributed by atoms with E-state index in [0.29, 0.717) is 36.4 Å². The topological polar surface area (TPSA) is 109 Å². The van der Waals surface area contributed by atoms with Gasteiger partial charge in [0, 0.05) is 48.5 Å². The Morgan fingerprint density at radius 2 is 1.73 bits per heavy atom. The Morgan fingerprint density at radius 1 is 1.00 bits per heavy atom. The second kappa shape index (κ2) is 10.4. The Morgan fingerprint density at radius 3 is 2.46 bits per heavy atom. The molecule has 9 nitrogen and oxygen atoms in total. The van der Waals surface area contributed by atoms with Crippen LogP contribution in [0.2, 0.25) is 0 Å². The highest BCUT2D eigenvalue weighted by molar-refractivity contribution is 7.93. The van der Waals surface area contributed by atoms with E-state index in [-0.39, 0.29) is 29.0 Å². The molecule has 1 saturated heterocycles. The molecule has 194 valence electrons. The van der Waals surface area contributed by atoms with Crippen molar-refractivity contribution in [1.29, 1.82) is 0 Å². The van der Waals surface area contributed by atoms with Crippen molar-refractivity contribution in [2.24, 2.45) is 0 Å². The highest BCUT2D eigenvalue weighted by Crippen LogP contribution is 2.25. The Bertz CT molecular complexity index is 1400. The molecule has 1 atom stereocenters. The normalized spacial score (nSPS) is 18.7. The summed E-state index contributed by atoms with van der Waals surface area (Å²) in [6.07, 6.45) is 5.30. The lowest BCUT2D eigenvalue weighted by atomic mass is 10.1. The van der Waals surface area contributed by atoms with E-state index in [4.69, 9.17) is 4.74 Å². The third-order valence-electron chi connectivity index (χ3n) is 6.99. The average molecular weight is 523 g/mol. The number of fused-ring (bicyclic) bond motifs is 1. The van der Waals surface area contributed by atoms with E-state index < -0.39 is 10.0 Å². The Labute approximate surface area is 216 Å². The molecule has 1 aromatic heterocycles. The van der Waals surface area contributed by atoms with Crippen LogP contribution in [0.4, 0.5) is 10.5 Å². The minimum absolute atomic E-state index is 0.00952. The molecule has 2 aromatic carbocycles. The Balaban J connectivity index is 1.22. The molecule has 5 rings (SSSR count). The molecular weight excluding hydrogens is 492 g/mol. The molecule has 3 aromatic rings. The van der Waals surface area contributed by atoms with Gasteiger partial charge >= 0.3 is 6.09 Å². The fraction of sp³-hybridized carbons (Fsp3) is 0.370. The van der Waals surface area contributed by atoms with Gasteiger partial charge in [0.25, 0.3) is 15.9 Å². The summed E-state index contributed by atoms with van der Waals surface area (Å²) in [7, 11) is -3.88. The largest absolute Gasteiger partial charge is 0.446 e. The number of benzene rings is 2. The van der Waals surface area contributed by atoms with E-state index in [9.17, 15) is 18.0 Å². The number of nitrogens with zero attached hydrogens (tertiary/aromatic N) is 3. The average Bonchev–Trinajstić information content (AvgIpc) is 3.41. The molecule has 1 N–H and O–H groups in total. The lowest BCUT2D eigenvalue weighted by Gasteiger charge is -2.39. The van der Waals surface area contributed by atoms with Crippen molar-refractivity contribution in [2.45, 2.75) is 49.6 Å². The first-order valence-corrected chi connectivity index (χ1v) is 14.0. The fourth-order valence-electron chi connectivity index (χ4n) is 5.00. The van der Waals surface area contributed by atoms with Gasteiger partial charge in [0.2, 0.25) is 0 Å². The van der Waals surface area contributed by atoms with Gasteiger partial charge in [0.1, 0.15) is 11.0 Å². The highest BCUT2D eigenvalue weighted by Gasteiger charge is 2.32. The van der Waals surface area contributed by atoms with Gasteiger partial charge in [-0.1, -0.05) is 18.2 Å². The number of anilines is 1. The number of aromatic nitrogens is 1. The Kier molecular flexibility index (Phi) is 7.01. The monoisotopic (exact) mass is 522 g/mol. The second-order valence-electron chi connectivity index (χ2n) is 9.60. The number of hydrogen-bond acceptors (Lipinski definition) is 6. The molecule has 2 heterocycles. The van der Waals surface area contributed by atoms with E-state index in [2.05, 4.69) is 9.71 Å². The van der Waals surface area contributed by atoms with Crippen molar-refractivity contribution in [3.63, 3.8) is 0 Å². The standard InChI is InChI=1S/C27H30N4O5S/c1-19-18-30(27(33)36-23-8-2-3-9-23)16-17-31(19)26(32)21-11-13-22(14-12-21)29-37(34,35)24-10-4-6-20-7-5-15-28-25(20)24/h4-7,10-15,19,23,29H,2-3,8-9,16-18H2,1H3. The third kappa shape index (κ3) is 5.39. The summed E-state index contributed by atoms with van der Waals surface area (Å²) in [5.41, 5.74) is 1.19. The zero-order valence-corrected chi connectivity index (χ0v) is 21.5. The summed E-state index contributed by atoms with van der Waals surface area (Å²) in [5.74, 6) is -0.163. The lowest BCUT2D eigenvalue weighted by Crippen LogP contribution is -2.55. The van der Waals surface area contributed by atoms with Gasteiger partial charge in [0.05, 0.1) is 5.52 Å². The molecule has 1 saturated carbocycles. The molecule has 2 amide bonds. The van der Waals surface area contributed by atoms with Crippen LogP contribution < -0.4 is 4.72 Å². The smallest absolute Gasteiger partial charge is 0.410 e. The van der Waals surface area contributed by atoms with Crippen LogP contribution in [0.15, 0.2) is 65.7 Å². The molecule has 0 bridgehead atoms. The van der Waals surface area contributed by atoms with Gasteiger partial charge in [-0.05, 0) is 69.0 Å². The van der Waals surface area contributed by atoms with E-state index in [1.54, 1.807) is 64.5 Å². The number of hydrogen-bond donors (Lipinski definition) is 1. The van der Waals surface area contributed by atoms with Gasteiger partial charge in [-0.15, -0.1) is 0 Å². The maximum Gasteiger partial charge on any atom is 0.410 e. The number of ether oxygens (including phenoxy) is 1. The van der Waals surface area contributed by atoms with Crippen molar-refractivity contribution < 1.29 is 22.7 Å². The number of amides is 2. The highest BCUT2D eigenvalue weighted by atomic mass is 32.2. The SMILES string of the molecule is CC1CN(C(=O)OC2CCCC2)CCN1C(=O)c1ccc(NS(=O)(=O)c2cccc3cccnc23)cc1. The molecule has 37 heavy (non-hydrogen) atoms. The van der Waals surface area contributed by atoms with Crippen LogP contribution >= 0.6 is 0 Å². The van der Waals surface area contributed by atoms with Crippen molar-refractivity contribution in [2.75, 3.05) is 24.4 Å². The quantitative estimate of drug-likeness (QED) is 0.536. The number of sulfonamides is 1. The van der Waals surface area contributed by atoms with Crippen molar-refractivity contribution >= 4 is 38.6 Å². The first-order valence-electron chi connectivity index (χ1n) is 12.5. The van der Waals surface area contributed by atoms with Crippen LogP contribution in [-0.4, -0.2) is 67.0 Å². The van der Waals surface area contributed by atoms with E-state index >= 15 is 0 Å². The molecule has 0 radical (unpaired) electrons. The van der Waals surface area contributed by atoms with Gasteiger partial charge in [-0.25, -0.2) is 13.2 Å². The van der Waals surface area contributed by atoms with Crippen LogP contribution in [0.5, 0.6) is 0 Å². The molecule has 1 unspecified atom stereocenters. The molecule has 10 heteroatoms. The zero-order valence-electron chi connectivity index (χ0n) is 20.7. The maximum atomic E-state index is 13.2. The summed E-state index contributed by atoms with van der Waals surface area (Å²) < 4.78 is 34.3. The first kappa shape index (κ1) is 25.0. The first-order chi connectivity index (χ1) is 17.8. The molecule has 2 fully saturated rings. The molecule has 0 spiro atoms. The number of pyridine rings is 1. The number of piperazine rings is 1. The van der Waals surface area contributed by atoms with Crippen molar-refractivity contribution in [1.82, 2.24) is 14.8 Å². The van der Waals surface area contributed by atoms with Crippen molar-refractivity contribution in [3.05, 3.63) is 66.4 Å². The lowest BCUT2D eigenvalue weighted by molar-refractivity contribution is 0.0295. The summed E-state index contributed by atoms with van der Waals surface area (Å²) in [4.78, 5) is 33.4. The molecular formula is C27H30N4O5S. The van der Waals surface area contributed by atoms with Crippen LogP contribution in [-0.2, 0) is 14.8 Å². The third-order valence-corrected chi connectivity index (χ3v) is 8.40. The second-order valence-corrected chi connectivity index (χ2v) is 11.2. The number of carbonyl (C=O) groups excluding carboxylic acids is 2. The van der Waals surface area contributed by atoms with Crippen molar-refractivity contribution in [3.8, 4) is 0 Å². The van der Waals surface area contributed by atoms with Gasteiger partial charge in [-0.2, -0.15) is 0 Å². The zero-order chi connectivity index (χ0) is 26.0. The number of para-hydroxylation sites is 1. The minimum atomic E-state index is -3.88. The summed E-state index contributed by atoms with van der Waals surface area (Å²) in [6.45, 7) is 3.14. The van der Waals surface area contributed by atoms with Gasteiger partial charge < -0.3 is 14.5 Å². The molecule has 1 aliphatic carbocycles. The molecule has 2 aliphatic rings. The van der Waals surface area contributed by atoms with E-state index in [0.717, 1.165) is 31.1 Å². The minimum Gasteiger partial charge on any atom is -0.446 e. The van der Waals surface area contributed by atoms with Crippen LogP contribution in [0, 0.1) is 0 Å². The predicted molar refractivity (Wildman–Crippen MR) is 140 cm³/mol. The molecule has 1 aliphatic heterocycles. The number of rotatable bonds is 5. The van der Waals surface area contributed by atoms with Crippen LogP contribution in [0.25, 0.3) is 10.9 Å². The predicted octanol–water partition coefficient (Wildman–Crippen LogP) is 4.26. The Hall–Kier alpha value is -3.66. The summed E-state index contributed by atoms with van der Waals surface area (Å²) in [6, 6.07) is 14.7. The van der Waals surface area contributed by atoms with E-state index in [1.165, 1.54) is 6.07 Å². The summed E-state index contributed by atoms with van der Waals surface area (Å²) >= 11 is 0.